The third-order valence-corrected chi connectivity index (χ3v) is 2.87. The minimum atomic E-state index is -0.0363. The third-order valence-electron chi connectivity index (χ3n) is 2.87. The zero-order chi connectivity index (χ0) is 11.4. The molecule has 1 aliphatic rings. The quantitative estimate of drug-likeness (QED) is 0.777. The highest BCUT2D eigenvalue weighted by atomic mass is 16.5. The molecule has 2 N–H and O–H groups in total. The van der Waals surface area contributed by atoms with Gasteiger partial charge >= 0.3 is 0 Å². The van der Waals surface area contributed by atoms with Gasteiger partial charge in [-0.05, 0) is 19.9 Å². The van der Waals surface area contributed by atoms with Crippen LogP contribution in [0.3, 0.4) is 0 Å². The van der Waals surface area contributed by atoms with Gasteiger partial charge in [0.1, 0.15) is 5.82 Å². The molecule has 0 atom stereocenters. The Hall–Kier alpha value is -1.20. The lowest BCUT2D eigenvalue weighted by Gasteiger charge is -2.20. The monoisotopic (exact) mass is 223 g/mol. The van der Waals surface area contributed by atoms with Gasteiger partial charge in [0.15, 0.2) is 0 Å². The Morgan fingerprint density at radius 3 is 2.94 bits per heavy atom. The molecule has 0 aliphatic carbocycles. The third kappa shape index (κ3) is 2.48. The maximum Gasteiger partial charge on any atom is 0.255 e. The van der Waals surface area contributed by atoms with Crippen LogP contribution in [0.2, 0.25) is 0 Å². The van der Waals surface area contributed by atoms with Gasteiger partial charge in [-0.3, -0.25) is 4.79 Å². The van der Waals surface area contributed by atoms with Gasteiger partial charge in [0.25, 0.3) is 5.56 Å². The second-order valence-electron chi connectivity index (χ2n) is 4.04. The Kier molecular flexibility index (Phi) is 3.69. The SMILES string of the molecule is CNCc1cnc(C2CCOCC2)[nH]c1=O. The Bertz CT molecular complexity index is 396. The summed E-state index contributed by atoms with van der Waals surface area (Å²) in [6, 6.07) is 0. The topological polar surface area (TPSA) is 67.0 Å². The fourth-order valence-corrected chi connectivity index (χ4v) is 1.93. The molecule has 1 aromatic rings. The summed E-state index contributed by atoms with van der Waals surface area (Å²) in [4.78, 5) is 18.9. The molecular weight excluding hydrogens is 206 g/mol. The van der Waals surface area contributed by atoms with Gasteiger partial charge in [0.2, 0.25) is 0 Å². The van der Waals surface area contributed by atoms with Gasteiger partial charge in [-0.1, -0.05) is 0 Å². The van der Waals surface area contributed by atoms with Gasteiger partial charge < -0.3 is 15.0 Å². The van der Waals surface area contributed by atoms with Gasteiger partial charge in [0, 0.05) is 37.4 Å². The molecule has 16 heavy (non-hydrogen) atoms. The number of rotatable bonds is 3. The molecule has 1 aromatic heterocycles. The highest BCUT2D eigenvalue weighted by molar-refractivity contribution is 5.08. The number of aromatic nitrogens is 2. The Morgan fingerprint density at radius 1 is 1.56 bits per heavy atom. The molecule has 0 spiro atoms. The molecule has 5 nitrogen and oxygen atoms in total. The molecule has 0 bridgehead atoms. The second-order valence-corrected chi connectivity index (χ2v) is 4.04. The van der Waals surface area contributed by atoms with Crippen molar-refractivity contribution >= 4 is 0 Å². The van der Waals surface area contributed by atoms with Crippen molar-refractivity contribution in [3.8, 4) is 0 Å². The first-order chi connectivity index (χ1) is 7.81. The van der Waals surface area contributed by atoms with Crippen LogP contribution >= 0.6 is 0 Å². The van der Waals surface area contributed by atoms with E-state index in [0.717, 1.165) is 31.9 Å². The Labute approximate surface area is 94.2 Å². The molecule has 1 saturated heterocycles. The van der Waals surface area contributed by atoms with Crippen LogP contribution in [-0.2, 0) is 11.3 Å². The van der Waals surface area contributed by atoms with Crippen LogP contribution in [-0.4, -0.2) is 30.2 Å². The molecule has 1 aliphatic heterocycles. The molecule has 1 fully saturated rings. The van der Waals surface area contributed by atoms with E-state index in [1.54, 1.807) is 6.20 Å². The van der Waals surface area contributed by atoms with Crippen molar-refractivity contribution in [3.63, 3.8) is 0 Å². The molecule has 0 aromatic carbocycles. The van der Waals surface area contributed by atoms with E-state index in [1.807, 2.05) is 7.05 Å². The van der Waals surface area contributed by atoms with Crippen molar-refractivity contribution in [2.45, 2.75) is 25.3 Å². The van der Waals surface area contributed by atoms with E-state index in [1.165, 1.54) is 0 Å². The molecule has 5 heteroatoms. The van der Waals surface area contributed by atoms with Crippen LogP contribution in [0, 0.1) is 0 Å². The maximum absolute atomic E-state index is 11.7. The molecule has 88 valence electrons. The normalized spacial score (nSPS) is 17.6. The zero-order valence-electron chi connectivity index (χ0n) is 9.45. The fourth-order valence-electron chi connectivity index (χ4n) is 1.93. The van der Waals surface area contributed by atoms with E-state index in [2.05, 4.69) is 15.3 Å². The number of hydrogen-bond donors (Lipinski definition) is 2. The van der Waals surface area contributed by atoms with Crippen molar-refractivity contribution in [2.24, 2.45) is 0 Å². The lowest BCUT2D eigenvalue weighted by Crippen LogP contribution is -2.24. The molecule has 2 heterocycles. The number of aromatic amines is 1. The summed E-state index contributed by atoms with van der Waals surface area (Å²) in [6.07, 6.45) is 3.54. The molecule has 0 amide bonds. The van der Waals surface area contributed by atoms with Crippen molar-refractivity contribution in [2.75, 3.05) is 20.3 Å². The summed E-state index contributed by atoms with van der Waals surface area (Å²) >= 11 is 0. The van der Waals surface area contributed by atoms with Gasteiger partial charge in [-0.2, -0.15) is 0 Å². The maximum atomic E-state index is 11.7. The number of nitrogens with zero attached hydrogens (tertiary/aromatic N) is 1. The van der Waals surface area contributed by atoms with Crippen molar-refractivity contribution in [1.82, 2.24) is 15.3 Å². The molecular formula is C11H17N3O2. The average molecular weight is 223 g/mol. The van der Waals surface area contributed by atoms with E-state index in [-0.39, 0.29) is 5.56 Å². The molecule has 2 rings (SSSR count). The molecule has 0 saturated carbocycles. The van der Waals surface area contributed by atoms with E-state index in [0.29, 0.717) is 18.0 Å². The van der Waals surface area contributed by atoms with Crippen LogP contribution in [0.5, 0.6) is 0 Å². The zero-order valence-corrected chi connectivity index (χ0v) is 9.45. The average Bonchev–Trinajstić information content (AvgIpc) is 2.33. The van der Waals surface area contributed by atoms with Crippen molar-refractivity contribution < 1.29 is 4.74 Å². The van der Waals surface area contributed by atoms with Crippen LogP contribution in [0.1, 0.15) is 30.1 Å². The number of nitrogens with one attached hydrogen (secondary N) is 2. The van der Waals surface area contributed by atoms with E-state index in [9.17, 15) is 4.79 Å². The summed E-state index contributed by atoms with van der Waals surface area (Å²) in [6.45, 7) is 2.07. The lowest BCUT2D eigenvalue weighted by molar-refractivity contribution is 0.0835. The summed E-state index contributed by atoms with van der Waals surface area (Å²) in [5.41, 5.74) is 0.643. The Balaban J connectivity index is 2.16. The minimum absolute atomic E-state index is 0.0363. The van der Waals surface area contributed by atoms with Gasteiger partial charge in [0.05, 0.1) is 0 Å². The van der Waals surface area contributed by atoms with Gasteiger partial charge in [-0.15, -0.1) is 0 Å². The number of hydrogen-bond acceptors (Lipinski definition) is 4. The fraction of sp³-hybridized carbons (Fsp3) is 0.636. The Morgan fingerprint density at radius 2 is 2.31 bits per heavy atom. The van der Waals surface area contributed by atoms with Crippen LogP contribution < -0.4 is 10.9 Å². The predicted octanol–water partition coefficient (Wildman–Crippen LogP) is 0.383. The predicted molar refractivity (Wildman–Crippen MR) is 60.4 cm³/mol. The highest BCUT2D eigenvalue weighted by Gasteiger charge is 2.18. The van der Waals surface area contributed by atoms with Crippen LogP contribution in [0.4, 0.5) is 0 Å². The smallest absolute Gasteiger partial charge is 0.255 e. The molecule has 0 radical (unpaired) electrons. The second kappa shape index (κ2) is 5.23. The molecule has 0 unspecified atom stereocenters. The van der Waals surface area contributed by atoms with Crippen molar-refractivity contribution in [3.05, 3.63) is 27.9 Å². The standard InChI is InChI=1S/C11H17N3O2/c1-12-6-9-7-13-10(14-11(9)15)8-2-4-16-5-3-8/h7-8,12H,2-6H2,1H3,(H,13,14,15). The first-order valence-corrected chi connectivity index (χ1v) is 5.61. The lowest BCUT2D eigenvalue weighted by atomic mass is 9.99. The minimum Gasteiger partial charge on any atom is -0.381 e. The first-order valence-electron chi connectivity index (χ1n) is 5.61. The summed E-state index contributed by atoms with van der Waals surface area (Å²) in [7, 11) is 1.81. The van der Waals surface area contributed by atoms with E-state index in [4.69, 9.17) is 4.74 Å². The largest absolute Gasteiger partial charge is 0.381 e. The highest BCUT2D eigenvalue weighted by Crippen LogP contribution is 2.22. The van der Waals surface area contributed by atoms with E-state index >= 15 is 0 Å². The number of H-pyrrole nitrogens is 1. The van der Waals surface area contributed by atoms with E-state index < -0.39 is 0 Å². The summed E-state index contributed by atoms with van der Waals surface area (Å²) in [5, 5.41) is 2.94. The van der Waals surface area contributed by atoms with Crippen LogP contribution in [0.25, 0.3) is 0 Å². The summed E-state index contributed by atoms with van der Waals surface area (Å²) < 4.78 is 5.28. The number of ether oxygens (including phenoxy) is 1. The summed E-state index contributed by atoms with van der Waals surface area (Å²) in [5.74, 6) is 1.14. The van der Waals surface area contributed by atoms with Gasteiger partial charge in [-0.25, -0.2) is 4.98 Å². The van der Waals surface area contributed by atoms with Crippen LogP contribution in [0.15, 0.2) is 11.0 Å². The van der Waals surface area contributed by atoms with Crippen molar-refractivity contribution in [1.29, 1.82) is 0 Å². The first kappa shape index (κ1) is 11.3.